The smallest absolute Gasteiger partial charge is 0.279 e. The Morgan fingerprint density at radius 2 is 1.82 bits per heavy atom. The average molecular weight is 504 g/mol. The van der Waals surface area contributed by atoms with E-state index in [0.29, 0.717) is 36.6 Å². The van der Waals surface area contributed by atoms with E-state index in [1.807, 2.05) is 43.5 Å². The molecule has 3 aromatic rings. The topological polar surface area (TPSA) is 90.2 Å². The lowest BCUT2D eigenvalue weighted by atomic mass is 10.2. The van der Waals surface area contributed by atoms with Crippen LogP contribution in [0.4, 0.5) is 0 Å². The van der Waals surface area contributed by atoms with E-state index in [0.717, 1.165) is 15.8 Å². The molecule has 1 aliphatic heterocycles. The van der Waals surface area contributed by atoms with Crippen LogP contribution in [0.2, 0.25) is 0 Å². The van der Waals surface area contributed by atoms with Gasteiger partial charge in [0.2, 0.25) is 10.0 Å². The quantitative estimate of drug-likeness (QED) is 0.515. The van der Waals surface area contributed by atoms with Crippen LogP contribution in [-0.2, 0) is 26.0 Å². The number of carbonyl (C=O) groups excluding carboxylic acids is 1. The van der Waals surface area contributed by atoms with E-state index in [9.17, 15) is 13.2 Å². The second-order valence-electron chi connectivity index (χ2n) is 8.47. The van der Waals surface area contributed by atoms with Crippen molar-refractivity contribution in [3.8, 4) is 0 Å². The van der Waals surface area contributed by atoms with Crippen LogP contribution in [-0.4, -0.2) is 62.2 Å². The van der Waals surface area contributed by atoms with Crippen molar-refractivity contribution >= 4 is 37.5 Å². The number of hydrogen-bond donors (Lipinski definition) is 0. The van der Waals surface area contributed by atoms with E-state index in [1.54, 1.807) is 7.11 Å². The molecule has 2 atom stereocenters. The first kappa shape index (κ1) is 24.7. The standard InChI is InChI=1S/C24H29N3O5S2/c1-16-6-5-7-21-22(16)27(12-13-31-4)24(33-21)25-23(28)19-8-10-20(11-9-19)34(29,30)26-14-17(2)32-18(3)15-26/h5-11,17-18H,12-15H2,1-4H3. The summed E-state index contributed by atoms with van der Waals surface area (Å²) in [5, 5.41) is 0. The normalized spacial score (nSPS) is 20.2. The number of hydrogen-bond acceptors (Lipinski definition) is 6. The zero-order chi connectivity index (χ0) is 24.5. The molecule has 2 aromatic carbocycles. The second-order valence-corrected chi connectivity index (χ2v) is 11.4. The number of carbonyl (C=O) groups is 1. The van der Waals surface area contributed by atoms with Crippen LogP contribution in [0.15, 0.2) is 52.4 Å². The Bertz CT molecular complexity index is 1350. The predicted molar refractivity (Wildman–Crippen MR) is 132 cm³/mol. The first-order valence-electron chi connectivity index (χ1n) is 11.1. The highest BCUT2D eigenvalue weighted by atomic mass is 32.2. The number of thiazole rings is 1. The van der Waals surface area contributed by atoms with Gasteiger partial charge in [-0.3, -0.25) is 4.79 Å². The molecule has 0 aliphatic carbocycles. The molecule has 0 saturated carbocycles. The van der Waals surface area contributed by atoms with Gasteiger partial charge in [-0.25, -0.2) is 8.42 Å². The second kappa shape index (κ2) is 10.1. The van der Waals surface area contributed by atoms with Gasteiger partial charge in [-0.2, -0.15) is 9.30 Å². The van der Waals surface area contributed by atoms with Gasteiger partial charge in [0, 0.05) is 32.3 Å². The molecule has 4 rings (SSSR count). The highest BCUT2D eigenvalue weighted by Crippen LogP contribution is 2.23. The average Bonchev–Trinajstić information content (AvgIpc) is 3.15. The molecule has 0 spiro atoms. The largest absolute Gasteiger partial charge is 0.383 e. The number of sulfonamides is 1. The number of methoxy groups -OCH3 is 1. The summed E-state index contributed by atoms with van der Waals surface area (Å²) in [7, 11) is -2.04. The number of amides is 1. The van der Waals surface area contributed by atoms with Crippen molar-refractivity contribution in [3.05, 3.63) is 58.4 Å². The summed E-state index contributed by atoms with van der Waals surface area (Å²) < 4.78 is 41.5. The number of fused-ring (bicyclic) bond motifs is 1. The molecule has 1 fully saturated rings. The monoisotopic (exact) mass is 503 g/mol. The Hall–Kier alpha value is -2.37. The number of morpholine rings is 1. The molecule has 0 bridgehead atoms. The highest BCUT2D eigenvalue weighted by molar-refractivity contribution is 7.89. The summed E-state index contributed by atoms with van der Waals surface area (Å²) in [6.07, 6.45) is -0.346. The third-order valence-electron chi connectivity index (χ3n) is 5.74. The van der Waals surface area contributed by atoms with Crippen LogP contribution in [0.5, 0.6) is 0 Å². The first-order valence-corrected chi connectivity index (χ1v) is 13.4. The van der Waals surface area contributed by atoms with Crippen LogP contribution in [0.1, 0.15) is 29.8 Å². The summed E-state index contributed by atoms with van der Waals surface area (Å²) in [6.45, 7) is 7.41. The van der Waals surface area contributed by atoms with Crippen LogP contribution in [0.3, 0.4) is 0 Å². The zero-order valence-electron chi connectivity index (χ0n) is 19.7. The fraction of sp³-hybridized carbons (Fsp3) is 0.417. The van der Waals surface area contributed by atoms with Gasteiger partial charge in [-0.05, 0) is 56.7 Å². The summed E-state index contributed by atoms with van der Waals surface area (Å²) in [5.74, 6) is -0.423. The summed E-state index contributed by atoms with van der Waals surface area (Å²) in [6, 6.07) is 12.0. The van der Waals surface area contributed by atoms with Gasteiger partial charge >= 0.3 is 0 Å². The van der Waals surface area contributed by atoms with Crippen molar-refractivity contribution in [3.63, 3.8) is 0 Å². The van der Waals surface area contributed by atoms with Crippen LogP contribution < -0.4 is 4.80 Å². The van der Waals surface area contributed by atoms with Crippen molar-refractivity contribution in [1.29, 1.82) is 0 Å². The molecule has 182 valence electrons. The number of nitrogens with zero attached hydrogens (tertiary/aromatic N) is 3. The predicted octanol–water partition coefficient (Wildman–Crippen LogP) is 3.20. The van der Waals surface area contributed by atoms with Gasteiger partial charge in [-0.1, -0.05) is 23.5 Å². The molecule has 8 nitrogen and oxygen atoms in total. The molecule has 1 aliphatic rings. The van der Waals surface area contributed by atoms with Gasteiger partial charge in [0.15, 0.2) is 4.80 Å². The number of benzene rings is 2. The molecule has 34 heavy (non-hydrogen) atoms. The van der Waals surface area contributed by atoms with E-state index < -0.39 is 15.9 Å². The summed E-state index contributed by atoms with van der Waals surface area (Å²) in [5.41, 5.74) is 2.46. The summed E-state index contributed by atoms with van der Waals surface area (Å²) in [4.78, 5) is 18.1. The molecule has 0 radical (unpaired) electrons. The van der Waals surface area contributed by atoms with E-state index in [1.165, 1.54) is 39.9 Å². The lowest BCUT2D eigenvalue weighted by Crippen LogP contribution is -2.48. The molecular weight excluding hydrogens is 474 g/mol. The van der Waals surface area contributed by atoms with E-state index >= 15 is 0 Å². The summed E-state index contributed by atoms with van der Waals surface area (Å²) >= 11 is 1.44. The van der Waals surface area contributed by atoms with Crippen molar-refractivity contribution < 1.29 is 22.7 Å². The zero-order valence-corrected chi connectivity index (χ0v) is 21.4. The van der Waals surface area contributed by atoms with Crippen molar-refractivity contribution in [2.24, 2.45) is 4.99 Å². The molecule has 0 N–H and O–H groups in total. The Morgan fingerprint density at radius 3 is 2.47 bits per heavy atom. The fourth-order valence-corrected chi connectivity index (χ4v) is 6.90. The van der Waals surface area contributed by atoms with E-state index in [2.05, 4.69) is 4.99 Å². The molecule has 10 heteroatoms. The molecule has 1 amide bonds. The Balaban J connectivity index is 1.64. The van der Waals surface area contributed by atoms with Crippen molar-refractivity contribution in [2.45, 2.75) is 44.4 Å². The van der Waals surface area contributed by atoms with Crippen LogP contribution >= 0.6 is 11.3 Å². The number of aryl methyl sites for hydroxylation is 1. The maximum absolute atomic E-state index is 13.1. The van der Waals surface area contributed by atoms with Crippen LogP contribution in [0, 0.1) is 6.92 Å². The van der Waals surface area contributed by atoms with Crippen molar-refractivity contribution in [2.75, 3.05) is 26.8 Å². The minimum Gasteiger partial charge on any atom is -0.383 e. The van der Waals surface area contributed by atoms with E-state index in [4.69, 9.17) is 9.47 Å². The van der Waals surface area contributed by atoms with Crippen molar-refractivity contribution in [1.82, 2.24) is 8.87 Å². The minimum absolute atomic E-state index is 0.151. The minimum atomic E-state index is -3.67. The SMILES string of the molecule is COCCn1c(=NC(=O)c2ccc(S(=O)(=O)N3CC(C)OC(C)C3)cc2)sc2cccc(C)c21. The number of ether oxygens (including phenoxy) is 2. The Kier molecular flexibility index (Phi) is 7.34. The number of para-hydroxylation sites is 1. The maximum Gasteiger partial charge on any atom is 0.279 e. The lowest BCUT2D eigenvalue weighted by Gasteiger charge is -2.34. The molecular formula is C24H29N3O5S2. The van der Waals surface area contributed by atoms with Gasteiger partial charge < -0.3 is 14.0 Å². The van der Waals surface area contributed by atoms with Gasteiger partial charge in [0.05, 0.1) is 33.9 Å². The van der Waals surface area contributed by atoms with Gasteiger partial charge in [0.25, 0.3) is 5.91 Å². The number of rotatable bonds is 6. The molecule has 1 saturated heterocycles. The Labute approximate surface area is 203 Å². The maximum atomic E-state index is 13.1. The van der Waals surface area contributed by atoms with E-state index in [-0.39, 0.29) is 17.1 Å². The number of aromatic nitrogens is 1. The fourth-order valence-electron chi connectivity index (χ4n) is 4.18. The van der Waals surface area contributed by atoms with Gasteiger partial charge in [0.1, 0.15) is 0 Å². The molecule has 1 aromatic heterocycles. The Morgan fingerprint density at radius 1 is 1.15 bits per heavy atom. The molecule has 2 heterocycles. The van der Waals surface area contributed by atoms with Gasteiger partial charge in [-0.15, -0.1) is 0 Å². The lowest BCUT2D eigenvalue weighted by molar-refractivity contribution is -0.0440. The molecule has 2 unspecified atom stereocenters. The third kappa shape index (κ3) is 5.01. The third-order valence-corrected chi connectivity index (χ3v) is 8.63. The van der Waals surface area contributed by atoms with Crippen LogP contribution in [0.25, 0.3) is 10.2 Å². The highest BCUT2D eigenvalue weighted by Gasteiger charge is 2.32. The first-order chi connectivity index (χ1) is 16.2.